The van der Waals surface area contributed by atoms with Gasteiger partial charge in [0.25, 0.3) is 5.56 Å². The zero-order chi connectivity index (χ0) is 17.6. The predicted molar refractivity (Wildman–Crippen MR) is 92.4 cm³/mol. The molecule has 1 heterocycles. The van der Waals surface area contributed by atoms with Crippen molar-refractivity contribution >= 4 is 5.78 Å². The number of halogens is 1. The minimum atomic E-state index is -0.321. The van der Waals surface area contributed by atoms with E-state index in [1.807, 2.05) is 12.1 Å². The van der Waals surface area contributed by atoms with Gasteiger partial charge >= 0.3 is 0 Å². The van der Waals surface area contributed by atoms with E-state index in [4.69, 9.17) is 0 Å². The first-order valence-corrected chi connectivity index (χ1v) is 8.92. The highest BCUT2D eigenvalue weighted by atomic mass is 19.1. The third-order valence-corrected chi connectivity index (χ3v) is 5.21. The maximum Gasteiger partial charge on any atom is 0.251 e. The van der Waals surface area contributed by atoms with Crippen molar-refractivity contribution < 1.29 is 9.18 Å². The van der Waals surface area contributed by atoms with Crippen molar-refractivity contribution in [3.8, 4) is 0 Å². The van der Waals surface area contributed by atoms with Crippen LogP contribution >= 0.6 is 0 Å². The Balaban J connectivity index is 1.58. The number of aromatic nitrogens is 2. The van der Waals surface area contributed by atoms with Gasteiger partial charge in [-0.05, 0) is 67.6 Å². The number of aryl methyl sites for hydroxylation is 1. The standard InChI is InChI=1S/C20H21FN2O2/c1-11-22-18(10-20(25)23-11)19(24)9-16(13-4-5-13)14-6-7-15(12-2-3-12)17(21)8-14/h6-8,10,12-13,16H,2-5,9H2,1H3,(H,22,23,25)/t16-/m1/s1. The molecule has 0 saturated heterocycles. The number of benzene rings is 1. The molecule has 1 aromatic heterocycles. The second-order valence-electron chi connectivity index (χ2n) is 7.34. The largest absolute Gasteiger partial charge is 0.311 e. The molecule has 2 aliphatic rings. The number of rotatable bonds is 6. The van der Waals surface area contributed by atoms with Crippen LogP contribution < -0.4 is 5.56 Å². The van der Waals surface area contributed by atoms with Gasteiger partial charge in [0.05, 0.1) is 0 Å². The number of ketones is 1. The summed E-state index contributed by atoms with van der Waals surface area (Å²) in [5.41, 5.74) is 1.57. The van der Waals surface area contributed by atoms with Crippen molar-refractivity contribution in [2.24, 2.45) is 5.92 Å². The molecule has 0 aliphatic heterocycles. The monoisotopic (exact) mass is 340 g/mol. The van der Waals surface area contributed by atoms with E-state index in [2.05, 4.69) is 9.97 Å². The number of aromatic amines is 1. The van der Waals surface area contributed by atoms with E-state index in [0.29, 0.717) is 17.7 Å². The number of nitrogens with zero attached hydrogens (tertiary/aromatic N) is 1. The molecular weight excluding hydrogens is 319 g/mol. The molecule has 2 fully saturated rings. The van der Waals surface area contributed by atoms with Crippen LogP contribution in [0.15, 0.2) is 29.1 Å². The van der Waals surface area contributed by atoms with Gasteiger partial charge in [-0.1, -0.05) is 12.1 Å². The van der Waals surface area contributed by atoms with Crippen molar-refractivity contribution in [3.63, 3.8) is 0 Å². The van der Waals surface area contributed by atoms with E-state index in [-0.39, 0.29) is 35.2 Å². The Bertz CT molecular complexity index is 882. The molecule has 25 heavy (non-hydrogen) atoms. The van der Waals surface area contributed by atoms with Crippen molar-refractivity contribution in [3.05, 3.63) is 63.1 Å². The van der Waals surface area contributed by atoms with E-state index in [0.717, 1.165) is 36.8 Å². The van der Waals surface area contributed by atoms with E-state index in [9.17, 15) is 14.0 Å². The van der Waals surface area contributed by atoms with Crippen molar-refractivity contribution in [2.75, 3.05) is 0 Å². The molecule has 1 aromatic carbocycles. The molecule has 1 N–H and O–H groups in total. The lowest BCUT2D eigenvalue weighted by molar-refractivity contribution is 0.0964. The maximum absolute atomic E-state index is 14.4. The van der Waals surface area contributed by atoms with Crippen molar-refractivity contribution in [1.82, 2.24) is 9.97 Å². The van der Waals surface area contributed by atoms with E-state index in [1.165, 1.54) is 6.07 Å². The second-order valence-corrected chi connectivity index (χ2v) is 7.34. The Labute approximate surface area is 145 Å². The lowest BCUT2D eigenvalue weighted by Gasteiger charge is -2.17. The molecule has 0 bridgehead atoms. The molecule has 2 aliphatic carbocycles. The molecule has 0 radical (unpaired) electrons. The normalized spacial score (nSPS) is 18.2. The number of Topliss-reactive ketones (excluding diaryl/α,β-unsaturated/α-hetero) is 1. The Morgan fingerprint density at radius 1 is 1.28 bits per heavy atom. The van der Waals surface area contributed by atoms with E-state index < -0.39 is 0 Å². The zero-order valence-electron chi connectivity index (χ0n) is 14.2. The minimum absolute atomic E-state index is 0.00310. The van der Waals surface area contributed by atoms with Crippen LogP contribution in [0.4, 0.5) is 4.39 Å². The lowest BCUT2D eigenvalue weighted by atomic mass is 9.87. The summed E-state index contributed by atoms with van der Waals surface area (Å²) in [6.07, 6.45) is 4.52. The fourth-order valence-corrected chi connectivity index (χ4v) is 3.58. The Hall–Kier alpha value is -2.30. The van der Waals surface area contributed by atoms with Crippen LogP contribution in [0.1, 0.15) is 71.4 Å². The highest BCUT2D eigenvalue weighted by Crippen LogP contribution is 2.46. The minimum Gasteiger partial charge on any atom is -0.311 e. The van der Waals surface area contributed by atoms with Crippen LogP contribution in [0.3, 0.4) is 0 Å². The molecular formula is C20H21FN2O2. The van der Waals surface area contributed by atoms with Gasteiger partial charge in [-0.15, -0.1) is 0 Å². The van der Waals surface area contributed by atoms with Gasteiger partial charge in [0.15, 0.2) is 5.78 Å². The summed E-state index contributed by atoms with van der Waals surface area (Å²) in [6.45, 7) is 1.66. The SMILES string of the molecule is Cc1nc(C(=O)C[C@@H](c2ccc(C3CC3)c(F)c2)C2CC2)cc(=O)[nH]1. The highest BCUT2D eigenvalue weighted by Gasteiger charge is 2.35. The van der Waals surface area contributed by atoms with Gasteiger partial charge in [-0.3, -0.25) is 9.59 Å². The predicted octanol–water partition coefficient (Wildman–Crippen LogP) is 3.86. The van der Waals surface area contributed by atoms with Crippen molar-refractivity contribution in [2.45, 2.75) is 50.9 Å². The molecule has 0 spiro atoms. The number of carbonyl (C=O) groups excluding carboxylic acids is 1. The molecule has 2 saturated carbocycles. The van der Waals surface area contributed by atoms with E-state index in [1.54, 1.807) is 13.0 Å². The Morgan fingerprint density at radius 2 is 2.04 bits per heavy atom. The average Bonchev–Trinajstić information content (AvgIpc) is 3.45. The first-order valence-electron chi connectivity index (χ1n) is 8.92. The fraction of sp³-hybridized carbons (Fsp3) is 0.450. The first kappa shape index (κ1) is 16.2. The highest BCUT2D eigenvalue weighted by molar-refractivity contribution is 5.94. The number of hydrogen-bond acceptors (Lipinski definition) is 3. The van der Waals surface area contributed by atoms with Crippen LogP contribution in [0.2, 0.25) is 0 Å². The smallest absolute Gasteiger partial charge is 0.251 e. The van der Waals surface area contributed by atoms with Crippen LogP contribution in [-0.2, 0) is 0 Å². The van der Waals surface area contributed by atoms with Gasteiger partial charge in [-0.25, -0.2) is 9.37 Å². The molecule has 2 aromatic rings. The molecule has 130 valence electrons. The van der Waals surface area contributed by atoms with Crippen LogP contribution in [0.25, 0.3) is 0 Å². The molecule has 4 rings (SSSR count). The van der Waals surface area contributed by atoms with Crippen LogP contribution in [0, 0.1) is 18.7 Å². The maximum atomic E-state index is 14.4. The quantitative estimate of drug-likeness (QED) is 0.812. The number of carbonyl (C=O) groups is 1. The van der Waals surface area contributed by atoms with Gasteiger partial charge in [0, 0.05) is 12.5 Å². The Morgan fingerprint density at radius 3 is 2.64 bits per heavy atom. The molecule has 0 amide bonds. The van der Waals surface area contributed by atoms with Crippen LogP contribution in [0.5, 0.6) is 0 Å². The number of nitrogens with one attached hydrogen (secondary N) is 1. The lowest BCUT2D eigenvalue weighted by Crippen LogP contribution is -2.17. The third kappa shape index (κ3) is 3.55. The average molecular weight is 340 g/mol. The van der Waals surface area contributed by atoms with Gasteiger partial charge < -0.3 is 4.98 Å². The number of hydrogen-bond donors (Lipinski definition) is 1. The molecule has 4 nitrogen and oxygen atoms in total. The summed E-state index contributed by atoms with van der Waals surface area (Å²) in [6, 6.07) is 6.72. The third-order valence-electron chi connectivity index (χ3n) is 5.21. The first-order chi connectivity index (χ1) is 12.0. The van der Waals surface area contributed by atoms with Crippen molar-refractivity contribution in [1.29, 1.82) is 0 Å². The van der Waals surface area contributed by atoms with Gasteiger partial charge in [0.2, 0.25) is 0 Å². The molecule has 5 heteroatoms. The summed E-state index contributed by atoms with van der Waals surface area (Å²) in [7, 11) is 0. The van der Waals surface area contributed by atoms with Crippen LogP contribution in [-0.4, -0.2) is 15.8 Å². The summed E-state index contributed by atoms with van der Waals surface area (Å²) in [5.74, 6) is 0.910. The molecule has 0 unspecified atom stereocenters. The summed E-state index contributed by atoms with van der Waals surface area (Å²) in [5, 5.41) is 0. The number of H-pyrrole nitrogens is 1. The van der Waals surface area contributed by atoms with Gasteiger partial charge in [-0.2, -0.15) is 0 Å². The van der Waals surface area contributed by atoms with E-state index >= 15 is 0 Å². The fourth-order valence-electron chi connectivity index (χ4n) is 3.58. The summed E-state index contributed by atoms with van der Waals surface area (Å²) < 4.78 is 14.4. The van der Waals surface area contributed by atoms with Gasteiger partial charge in [0.1, 0.15) is 17.3 Å². The summed E-state index contributed by atoms with van der Waals surface area (Å²) in [4.78, 5) is 30.9. The topological polar surface area (TPSA) is 62.8 Å². The molecule has 1 atom stereocenters. The second kappa shape index (κ2) is 6.21. The zero-order valence-corrected chi connectivity index (χ0v) is 14.2. The Kier molecular flexibility index (Phi) is 4.02. The summed E-state index contributed by atoms with van der Waals surface area (Å²) >= 11 is 0.